The lowest BCUT2D eigenvalue weighted by atomic mass is 9.96. The molecule has 1 amide bonds. The standard InChI is InChI=1S/C29H29N5OS/c1-19-11-7-8-15-25(19)34-20(2)17-23(21(34)3)28-27(24-14-9-10-16-30-24)32-29(36)33(28)18-26(35)31-22-12-5-4-6-13-22/h4-17,27-28H,18H2,1-3H3,(H,31,35)(H,32,36)/t27-,28+/m1/s1. The minimum atomic E-state index is -0.196. The summed E-state index contributed by atoms with van der Waals surface area (Å²) in [7, 11) is 0. The maximum atomic E-state index is 13.1. The van der Waals surface area contributed by atoms with Gasteiger partial charge in [-0.15, -0.1) is 0 Å². The first-order valence-electron chi connectivity index (χ1n) is 12.0. The van der Waals surface area contributed by atoms with E-state index in [4.69, 9.17) is 12.2 Å². The van der Waals surface area contributed by atoms with Crippen LogP contribution in [0.15, 0.2) is 85.1 Å². The Morgan fingerprint density at radius 3 is 2.44 bits per heavy atom. The highest BCUT2D eigenvalue weighted by Gasteiger charge is 2.42. The van der Waals surface area contributed by atoms with Crippen molar-refractivity contribution in [3.8, 4) is 5.69 Å². The molecule has 2 aromatic carbocycles. The maximum absolute atomic E-state index is 13.1. The molecule has 2 atom stereocenters. The van der Waals surface area contributed by atoms with Gasteiger partial charge < -0.3 is 20.1 Å². The molecule has 0 spiro atoms. The van der Waals surface area contributed by atoms with Gasteiger partial charge in [0.2, 0.25) is 5.91 Å². The quantitative estimate of drug-likeness (QED) is 0.350. The Bertz CT molecular complexity index is 1400. The van der Waals surface area contributed by atoms with E-state index in [1.807, 2.05) is 53.4 Å². The van der Waals surface area contributed by atoms with E-state index >= 15 is 0 Å². The van der Waals surface area contributed by atoms with E-state index in [-0.39, 0.29) is 24.5 Å². The van der Waals surface area contributed by atoms with Crippen molar-refractivity contribution in [2.24, 2.45) is 0 Å². The van der Waals surface area contributed by atoms with Gasteiger partial charge in [0.25, 0.3) is 0 Å². The molecule has 0 saturated carbocycles. The topological polar surface area (TPSA) is 62.2 Å². The fraction of sp³-hybridized carbons (Fsp3) is 0.207. The number of carbonyl (C=O) groups is 1. The van der Waals surface area contributed by atoms with E-state index in [0.29, 0.717) is 5.11 Å². The molecule has 5 rings (SSSR count). The summed E-state index contributed by atoms with van der Waals surface area (Å²) < 4.78 is 2.28. The summed E-state index contributed by atoms with van der Waals surface area (Å²) in [6.45, 7) is 6.50. The molecule has 0 aliphatic carbocycles. The lowest BCUT2D eigenvalue weighted by Gasteiger charge is -2.27. The normalized spacial score (nSPS) is 17.2. The number of rotatable bonds is 6. The maximum Gasteiger partial charge on any atom is 0.244 e. The minimum absolute atomic E-state index is 0.121. The van der Waals surface area contributed by atoms with E-state index < -0.39 is 0 Å². The molecule has 2 N–H and O–H groups in total. The number of benzene rings is 2. The molecule has 182 valence electrons. The van der Waals surface area contributed by atoms with Crippen molar-refractivity contribution < 1.29 is 4.79 Å². The zero-order valence-electron chi connectivity index (χ0n) is 20.6. The Kier molecular flexibility index (Phi) is 6.57. The highest BCUT2D eigenvalue weighted by molar-refractivity contribution is 7.80. The summed E-state index contributed by atoms with van der Waals surface area (Å²) in [6, 6.07) is 25.6. The molecule has 1 aliphatic heterocycles. The van der Waals surface area contributed by atoms with E-state index in [9.17, 15) is 4.79 Å². The highest BCUT2D eigenvalue weighted by atomic mass is 32.1. The van der Waals surface area contributed by atoms with Crippen LogP contribution in [0.4, 0.5) is 5.69 Å². The van der Waals surface area contributed by atoms with Crippen molar-refractivity contribution in [1.29, 1.82) is 0 Å². The molecule has 0 radical (unpaired) electrons. The Hall–Kier alpha value is -3.97. The number of aryl methyl sites for hydroxylation is 2. The molecule has 1 aliphatic rings. The second kappa shape index (κ2) is 9.95. The van der Waals surface area contributed by atoms with Crippen LogP contribution in [0.1, 0.15) is 40.3 Å². The van der Waals surface area contributed by atoms with E-state index in [1.54, 1.807) is 6.20 Å². The number of hydrogen-bond acceptors (Lipinski definition) is 3. The Labute approximate surface area is 217 Å². The second-order valence-corrected chi connectivity index (χ2v) is 9.50. The number of amides is 1. The van der Waals surface area contributed by atoms with Crippen LogP contribution in [-0.4, -0.2) is 32.0 Å². The monoisotopic (exact) mass is 495 g/mol. The third-order valence-corrected chi connectivity index (χ3v) is 7.07. The van der Waals surface area contributed by atoms with Crippen molar-refractivity contribution in [1.82, 2.24) is 19.8 Å². The van der Waals surface area contributed by atoms with E-state index in [0.717, 1.165) is 34.0 Å². The average Bonchev–Trinajstić information content (AvgIpc) is 3.35. The largest absolute Gasteiger partial charge is 0.352 e. The van der Waals surface area contributed by atoms with Crippen LogP contribution in [0.5, 0.6) is 0 Å². The third kappa shape index (κ3) is 4.50. The summed E-state index contributed by atoms with van der Waals surface area (Å²) in [5, 5.41) is 6.98. The lowest BCUT2D eigenvalue weighted by Crippen LogP contribution is -2.37. The molecule has 1 fully saturated rings. The van der Waals surface area contributed by atoms with Gasteiger partial charge in [0, 0.05) is 29.0 Å². The van der Waals surface area contributed by atoms with Crippen molar-refractivity contribution in [2.45, 2.75) is 32.9 Å². The Balaban J connectivity index is 1.55. The molecule has 0 bridgehead atoms. The minimum Gasteiger partial charge on any atom is -0.352 e. The number of thiocarbonyl (C=S) groups is 1. The number of para-hydroxylation sites is 2. The van der Waals surface area contributed by atoms with E-state index in [2.05, 4.69) is 71.3 Å². The van der Waals surface area contributed by atoms with Crippen LogP contribution in [0.3, 0.4) is 0 Å². The number of hydrogen-bond donors (Lipinski definition) is 2. The zero-order chi connectivity index (χ0) is 25.2. The van der Waals surface area contributed by atoms with Gasteiger partial charge in [0.15, 0.2) is 5.11 Å². The smallest absolute Gasteiger partial charge is 0.244 e. The fourth-order valence-corrected chi connectivity index (χ4v) is 5.37. The van der Waals surface area contributed by atoms with Crippen LogP contribution < -0.4 is 10.6 Å². The average molecular weight is 496 g/mol. The predicted molar refractivity (Wildman–Crippen MR) is 147 cm³/mol. The molecular formula is C29H29N5OS. The van der Waals surface area contributed by atoms with Gasteiger partial charge in [-0.1, -0.05) is 42.5 Å². The lowest BCUT2D eigenvalue weighted by molar-refractivity contribution is -0.116. The van der Waals surface area contributed by atoms with Gasteiger partial charge in [-0.2, -0.15) is 0 Å². The number of pyridine rings is 1. The van der Waals surface area contributed by atoms with Gasteiger partial charge in [-0.3, -0.25) is 9.78 Å². The summed E-state index contributed by atoms with van der Waals surface area (Å²) in [5.74, 6) is -0.121. The second-order valence-electron chi connectivity index (χ2n) is 9.12. The highest BCUT2D eigenvalue weighted by Crippen LogP contribution is 2.41. The fourth-order valence-electron chi connectivity index (χ4n) is 5.06. The Morgan fingerprint density at radius 1 is 1.00 bits per heavy atom. The predicted octanol–water partition coefficient (Wildman–Crippen LogP) is 5.41. The van der Waals surface area contributed by atoms with Crippen molar-refractivity contribution >= 4 is 28.9 Å². The van der Waals surface area contributed by atoms with Crippen LogP contribution in [-0.2, 0) is 4.79 Å². The first-order chi connectivity index (χ1) is 17.4. The Morgan fingerprint density at radius 2 is 1.72 bits per heavy atom. The number of nitrogens with zero attached hydrogens (tertiary/aromatic N) is 3. The summed E-state index contributed by atoms with van der Waals surface area (Å²) in [6.07, 6.45) is 1.79. The van der Waals surface area contributed by atoms with Crippen LogP contribution in [0.2, 0.25) is 0 Å². The molecule has 0 unspecified atom stereocenters. The van der Waals surface area contributed by atoms with Crippen LogP contribution >= 0.6 is 12.2 Å². The van der Waals surface area contributed by atoms with Crippen molar-refractivity contribution in [3.63, 3.8) is 0 Å². The molecule has 7 heteroatoms. The third-order valence-electron chi connectivity index (χ3n) is 6.71. The first-order valence-corrected chi connectivity index (χ1v) is 12.4. The summed E-state index contributed by atoms with van der Waals surface area (Å²) in [4.78, 5) is 19.7. The molecule has 2 aromatic heterocycles. The number of carbonyl (C=O) groups excluding carboxylic acids is 1. The molecule has 4 aromatic rings. The summed E-state index contributed by atoms with van der Waals surface area (Å²) >= 11 is 5.78. The molecular weight excluding hydrogens is 466 g/mol. The van der Waals surface area contributed by atoms with Crippen molar-refractivity contribution in [3.05, 3.63) is 113 Å². The summed E-state index contributed by atoms with van der Waals surface area (Å²) in [5.41, 5.74) is 7.36. The van der Waals surface area contributed by atoms with Crippen molar-refractivity contribution in [2.75, 3.05) is 11.9 Å². The first kappa shape index (κ1) is 23.8. The number of nitrogens with one attached hydrogen (secondary N) is 2. The molecule has 1 saturated heterocycles. The number of aromatic nitrogens is 2. The molecule has 36 heavy (non-hydrogen) atoms. The zero-order valence-corrected chi connectivity index (χ0v) is 21.4. The van der Waals surface area contributed by atoms with Gasteiger partial charge in [-0.05, 0) is 80.5 Å². The molecule has 3 heterocycles. The van der Waals surface area contributed by atoms with Gasteiger partial charge in [0.1, 0.15) is 6.54 Å². The van der Waals surface area contributed by atoms with Crippen LogP contribution in [0.25, 0.3) is 5.69 Å². The van der Waals surface area contributed by atoms with Crippen LogP contribution in [0, 0.1) is 20.8 Å². The SMILES string of the molecule is Cc1ccccc1-n1c(C)cc([C@H]2[C@@H](c3ccccn3)NC(=S)N2CC(=O)Nc2ccccc2)c1C. The van der Waals surface area contributed by atoms with Gasteiger partial charge in [0.05, 0.1) is 17.8 Å². The van der Waals surface area contributed by atoms with E-state index in [1.165, 1.54) is 5.56 Å². The van der Waals surface area contributed by atoms with Gasteiger partial charge >= 0.3 is 0 Å². The van der Waals surface area contributed by atoms with Gasteiger partial charge in [-0.25, -0.2) is 0 Å². The molecule has 6 nitrogen and oxygen atoms in total. The number of anilines is 1.